The molecule has 0 fully saturated rings. The fourth-order valence-corrected chi connectivity index (χ4v) is 2.24. The van der Waals surface area contributed by atoms with Crippen molar-refractivity contribution in [1.82, 2.24) is 5.32 Å². The molecular formula is C13H21NO7. The van der Waals surface area contributed by atoms with Crippen LogP contribution in [0.1, 0.15) is 25.7 Å². The Kier molecular flexibility index (Phi) is 6.13. The summed E-state index contributed by atoms with van der Waals surface area (Å²) >= 11 is 0. The highest BCUT2D eigenvalue weighted by molar-refractivity contribution is 5.95. The van der Waals surface area contributed by atoms with Crippen LogP contribution < -0.4 is 5.32 Å². The number of ketones is 1. The van der Waals surface area contributed by atoms with Crippen LogP contribution in [0.25, 0.3) is 0 Å². The SMILES string of the molecule is COC1=C(NC(CO)CCC(=O)O)CC(O)(CO)CC1=O. The third kappa shape index (κ3) is 4.69. The normalized spacial score (nSPS) is 23.9. The largest absolute Gasteiger partial charge is 0.491 e. The highest BCUT2D eigenvalue weighted by Crippen LogP contribution is 2.29. The number of methoxy groups -OCH3 is 1. The molecule has 0 aliphatic heterocycles. The molecule has 21 heavy (non-hydrogen) atoms. The molecule has 120 valence electrons. The number of carbonyl (C=O) groups is 2. The molecule has 0 radical (unpaired) electrons. The van der Waals surface area contributed by atoms with Crippen LogP contribution in [0.15, 0.2) is 11.5 Å². The number of carboxylic acid groups (broad SMARTS) is 1. The van der Waals surface area contributed by atoms with Gasteiger partial charge in [-0.1, -0.05) is 0 Å². The summed E-state index contributed by atoms with van der Waals surface area (Å²) in [6, 6.07) is -0.588. The smallest absolute Gasteiger partial charge is 0.303 e. The van der Waals surface area contributed by atoms with Gasteiger partial charge in [-0.3, -0.25) is 9.59 Å². The summed E-state index contributed by atoms with van der Waals surface area (Å²) in [5.74, 6) is -1.43. The maximum Gasteiger partial charge on any atom is 0.303 e. The molecule has 0 bridgehead atoms. The second-order valence-electron chi connectivity index (χ2n) is 5.13. The number of hydrogen-bond acceptors (Lipinski definition) is 7. The number of rotatable bonds is 8. The minimum Gasteiger partial charge on any atom is -0.491 e. The average Bonchev–Trinajstić information content (AvgIpc) is 2.42. The van der Waals surface area contributed by atoms with Crippen LogP contribution in [0, 0.1) is 0 Å². The monoisotopic (exact) mass is 303 g/mol. The van der Waals surface area contributed by atoms with Gasteiger partial charge in [-0.15, -0.1) is 0 Å². The van der Waals surface area contributed by atoms with E-state index < -0.39 is 30.0 Å². The summed E-state index contributed by atoms with van der Waals surface area (Å²) in [5.41, 5.74) is -1.32. The Bertz CT molecular complexity index is 434. The van der Waals surface area contributed by atoms with Crippen molar-refractivity contribution in [2.24, 2.45) is 0 Å². The summed E-state index contributed by atoms with van der Waals surface area (Å²) in [5, 5.41) is 40.0. The number of aliphatic carboxylic acids is 1. The molecule has 5 N–H and O–H groups in total. The minimum absolute atomic E-state index is 0.0295. The average molecular weight is 303 g/mol. The van der Waals surface area contributed by atoms with Crippen molar-refractivity contribution in [2.45, 2.75) is 37.3 Å². The van der Waals surface area contributed by atoms with Gasteiger partial charge in [-0.2, -0.15) is 0 Å². The maximum absolute atomic E-state index is 11.9. The number of Topliss-reactive ketones (excluding diaryl/α,β-unsaturated/α-hetero) is 1. The number of allylic oxidation sites excluding steroid dienone is 1. The third-order valence-corrected chi connectivity index (χ3v) is 3.33. The molecule has 0 aromatic heterocycles. The fourth-order valence-electron chi connectivity index (χ4n) is 2.24. The lowest BCUT2D eigenvalue weighted by molar-refractivity contribution is -0.137. The van der Waals surface area contributed by atoms with Crippen molar-refractivity contribution in [3.8, 4) is 0 Å². The first kappa shape index (κ1) is 17.4. The van der Waals surface area contributed by atoms with Crippen LogP contribution >= 0.6 is 0 Å². The molecular weight excluding hydrogens is 282 g/mol. The van der Waals surface area contributed by atoms with E-state index in [1.807, 2.05) is 0 Å². The lowest BCUT2D eigenvalue weighted by Gasteiger charge is -2.33. The zero-order valence-corrected chi connectivity index (χ0v) is 11.8. The van der Waals surface area contributed by atoms with Gasteiger partial charge in [-0.05, 0) is 6.42 Å². The molecule has 1 rings (SSSR count). The number of ether oxygens (including phenoxy) is 1. The van der Waals surface area contributed by atoms with Gasteiger partial charge in [0.2, 0.25) is 5.78 Å². The summed E-state index contributed by atoms with van der Waals surface area (Å²) in [4.78, 5) is 22.5. The molecule has 1 aliphatic carbocycles. The standard InChI is InChI=1S/C13H21NO7/c1-21-12-9(4-13(20,7-16)5-10(12)17)14-8(6-15)2-3-11(18)19/h8,14-16,20H,2-7H2,1H3,(H,18,19). The summed E-state index contributed by atoms with van der Waals surface area (Å²) < 4.78 is 5.00. The lowest BCUT2D eigenvalue weighted by Crippen LogP contribution is -2.45. The zero-order valence-electron chi connectivity index (χ0n) is 11.8. The van der Waals surface area contributed by atoms with E-state index in [-0.39, 0.29) is 43.7 Å². The molecule has 0 heterocycles. The highest BCUT2D eigenvalue weighted by atomic mass is 16.5. The van der Waals surface area contributed by atoms with E-state index in [1.54, 1.807) is 0 Å². The van der Waals surface area contributed by atoms with Crippen molar-refractivity contribution in [2.75, 3.05) is 20.3 Å². The molecule has 0 saturated carbocycles. The molecule has 0 spiro atoms. The summed E-state index contributed by atoms with van der Waals surface area (Å²) in [7, 11) is 1.31. The van der Waals surface area contributed by atoms with Crippen molar-refractivity contribution in [3.63, 3.8) is 0 Å². The van der Waals surface area contributed by atoms with Crippen LogP contribution in [0.4, 0.5) is 0 Å². The molecule has 1 aliphatic rings. The number of nitrogens with one attached hydrogen (secondary N) is 1. The number of carboxylic acids is 1. The molecule has 2 unspecified atom stereocenters. The van der Waals surface area contributed by atoms with Crippen molar-refractivity contribution >= 4 is 11.8 Å². The van der Waals surface area contributed by atoms with E-state index in [1.165, 1.54) is 7.11 Å². The van der Waals surface area contributed by atoms with Gasteiger partial charge in [0, 0.05) is 25.3 Å². The number of hydrogen-bond donors (Lipinski definition) is 5. The van der Waals surface area contributed by atoms with Gasteiger partial charge in [0.1, 0.15) is 5.60 Å². The highest BCUT2D eigenvalue weighted by Gasteiger charge is 2.39. The van der Waals surface area contributed by atoms with Gasteiger partial charge in [0.05, 0.1) is 26.0 Å². The second-order valence-corrected chi connectivity index (χ2v) is 5.13. The number of carbonyl (C=O) groups excluding carboxylic acids is 1. The Labute approximate surface area is 122 Å². The fraction of sp³-hybridized carbons (Fsp3) is 0.692. The van der Waals surface area contributed by atoms with Gasteiger partial charge < -0.3 is 30.5 Å². The first-order chi connectivity index (χ1) is 9.85. The van der Waals surface area contributed by atoms with Crippen LogP contribution in [-0.4, -0.2) is 64.1 Å². The Morgan fingerprint density at radius 2 is 2.10 bits per heavy atom. The predicted octanol–water partition coefficient (Wildman–Crippen LogP) is -1.25. The Hall–Kier alpha value is -1.64. The van der Waals surface area contributed by atoms with Crippen molar-refractivity contribution in [3.05, 3.63) is 11.5 Å². The topological polar surface area (TPSA) is 136 Å². The lowest BCUT2D eigenvalue weighted by atomic mass is 9.86. The van der Waals surface area contributed by atoms with Crippen molar-refractivity contribution < 1.29 is 34.8 Å². The molecule has 0 aromatic carbocycles. The second kappa shape index (κ2) is 7.39. The number of aliphatic hydroxyl groups excluding tert-OH is 2. The Balaban J connectivity index is 2.88. The van der Waals surface area contributed by atoms with E-state index in [9.17, 15) is 24.9 Å². The molecule has 0 aromatic rings. The summed E-state index contributed by atoms with van der Waals surface area (Å²) in [6.45, 7) is -0.917. The molecule has 8 heteroatoms. The molecule has 0 amide bonds. The third-order valence-electron chi connectivity index (χ3n) is 3.33. The van der Waals surface area contributed by atoms with Gasteiger partial charge >= 0.3 is 5.97 Å². The molecule has 0 saturated heterocycles. The van der Waals surface area contributed by atoms with Crippen LogP contribution in [0.3, 0.4) is 0 Å². The van der Waals surface area contributed by atoms with E-state index in [0.717, 1.165) is 0 Å². The summed E-state index contributed by atoms with van der Waals surface area (Å²) in [6.07, 6.45) is -0.289. The van der Waals surface area contributed by atoms with E-state index >= 15 is 0 Å². The van der Waals surface area contributed by atoms with Crippen LogP contribution in [0.5, 0.6) is 0 Å². The first-order valence-corrected chi connectivity index (χ1v) is 6.58. The van der Waals surface area contributed by atoms with E-state index in [0.29, 0.717) is 0 Å². The van der Waals surface area contributed by atoms with E-state index in [2.05, 4.69) is 5.32 Å². The first-order valence-electron chi connectivity index (χ1n) is 6.58. The minimum atomic E-state index is -1.58. The van der Waals surface area contributed by atoms with Crippen LogP contribution in [-0.2, 0) is 14.3 Å². The zero-order chi connectivity index (χ0) is 16.0. The van der Waals surface area contributed by atoms with Gasteiger partial charge in [0.15, 0.2) is 5.76 Å². The van der Waals surface area contributed by atoms with Crippen molar-refractivity contribution in [1.29, 1.82) is 0 Å². The molecule has 8 nitrogen and oxygen atoms in total. The number of aliphatic hydroxyl groups is 3. The van der Waals surface area contributed by atoms with Gasteiger partial charge in [0.25, 0.3) is 0 Å². The molecule has 2 atom stereocenters. The van der Waals surface area contributed by atoms with Gasteiger partial charge in [-0.25, -0.2) is 0 Å². The van der Waals surface area contributed by atoms with E-state index in [4.69, 9.17) is 9.84 Å². The van der Waals surface area contributed by atoms with Crippen LogP contribution in [0.2, 0.25) is 0 Å². The Morgan fingerprint density at radius 1 is 1.43 bits per heavy atom. The Morgan fingerprint density at radius 3 is 2.57 bits per heavy atom. The quantitative estimate of drug-likeness (QED) is 0.375. The predicted molar refractivity (Wildman–Crippen MR) is 71.2 cm³/mol. The maximum atomic E-state index is 11.9.